The molecule has 6 nitrogen and oxygen atoms in total. The maximum Gasteiger partial charge on any atom is 0.191 e. The molecule has 3 heterocycles. The van der Waals surface area contributed by atoms with Gasteiger partial charge in [-0.2, -0.15) is 5.10 Å². The van der Waals surface area contributed by atoms with Crippen molar-refractivity contribution in [3.05, 3.63) is 77.4 Å². The van der Waals surface area contributed by atoms with Gasteiger partial charge in [-0.05, 0) is 54.0 Å². The van der Waals surface area contributed by atoms with E-state index in [-0.39, 0.29) is 22.6 Å². The monoisotopic (exact) mass is 445 g/mol. The van der Waals surface area contributed by atoms with E-state index >= 15 is 0 Å². The fourth-order valence-corrected chi connectivity index (χ4v) is 5.87. The lowest BCUT2D eigenvalue weighted by atomic mass is 9.67. The van der Waals surface area contributed by atoms with E-state index in [1.54, 1.807) is 25.5 Å². The first-order valence-corrected chi connectivity index (χ1v) is 10.9. The van der Waals surface area contributed by atoms with Gasteiger partial charge in [-0.25, -0.2) is 23.7 Å². The van der Waals surface area contributed by atoms with E-state index in [4.69, 9.17) is 9.40 Å². The van der Waals surface area contributed by atoms with Crippen molar-refractivity contribution in [3.63, 3.8) is 0 Å². The van der Waals surface area contributed by atoms with Crippen LogP contribution in [-0.2, 0) is 5.41 Å². The molecule has 166 valence electrons. The Hall–Kier alpha value is -3.55. The summed E-state index contributed by atoms with van der Waals surface area (Å²) in [6.45, 7) is 6.16. The molecule has 8 heteroatoms. The summed E-state index contributed by atoms with van der Waals surface area (Å²) >= 11 is 0. The highest BCUT2D eigenvalue weighted by atomic mass is 19.1. The highest BCUT2D eigenvalue weighted by molar-refractivity contribution is 5.64. The first kappa shape index (κ1) is 20.1. The van der Waals surface area contributed by atoms with Crippen molar-refractivity contribution in [1.29, 1.82) is 0 Å². The van der Waals surface area contributed by atoms with Gasteiger partial charge in [-0.15, -0.1) is 5.10 Å². The highest BCUT2D eigenvalue weighted by Crippen LogP contribution is 2.69. The molecule has 2 bridgehead atoms. The van der Waals surface area contributed by atoms with E-state index in [2.05, 4.69) is 34.0 Å². The van der Waals surface area contributed by atoms with E-state index in [1.807, 2.05) is 6.07 Å². The molecule has 0 saturated heterocycles. The number of benzene rings is 1. The molecule has 0 radical (unpaired) electrons. The first-order chi connectivity index (χ1) is 15.8. The van der Waals surface area contributed by atoms with E-state index in [0.29, 0.717) is 23.1 Å². The molecule has 33 heavy (non-hydrogen) atoms. The second-order valence-electron chi connectivity index (χ2n) is 9.37. The summed E-state index contributed by atoms with van der Waals surface area (Å²) in [5.74, 6) is 0.0689. The number of rotatable bonds is 3. The van der Waals surface area contributed by atoms with Gasteiger partial charge in [-0.3, -0.25) is 0 Å². The van der Waals surface area contributed by atoms with E-state index in [9.17, 15) is 8.78 Å². The number of hydrogen-bond donors (Lipinski definition) is 0. The molecule has 0 N–H and O–H groups in total. The molecule has 6 rings (SSSR count). The summed E-state index contributed by atoms with van der Waals surface area (Å²) in [5, 5.41) is 8.82. The van der Waals surface area contributed by atoms with Gasteiger partial charge in [-0.1, -0.05) is 19.9 Å². The minimum Gasteiger partial charge on any atom is -0.449 e. The topological polar surface area (TPSA) is 77.6 Å². The summed E-state index contributed by atoms with van der Waals surface area (Å²) in [5.41, 5.74) is 2.32. The Morgan fingerprint density at radius 3 is 2.52 bits per heavy atom. The van der Waals surface area contributed by atoms with Crippen LogP contribution in [0.4, 0.5) is 8.78 Å². The molecule has 4 aromatic rings. The maximum atomic E-state index is 14.4. The second-order valence-corrected chi connectivity index (χ2v) is 9.37. The molecule has 0 aliphatic heterocycles. The van der Waals surface area contributed by atoms with Crippen LogP contribution in [-0.4, -0.2) is 25.1 Å². The Bertz CT molecular complexity index is 1400. The molecule has 2 aliphatic carbocycles. The number of fused-ring (bicyclic) bond motifs is 5. The summed E-state index contributed by atoms with van der Waals surface area (Å²) in [6.07, 6.45) is 5.04. The molecule has 1 aromatic carbocycles. The van der Waals surface area contributed by atoms with E-state index < -0.39 is 17.0 Å². The van der Waals surface area contributed by atoms with Crippen LogP contribution < -0.4 is 0 Å². The Morgan fingerprint density at radius 2 is 1.79 bits per heavy atom. The van der Waals surface area contributed by atoms with Gasteiger partial charge in [0.15, 0.2) is 5.89 Å². The third-order valence-corrected chi connectivity index (χ3v) is 7.52. The lowest BCUT2D eigenvalue weighted by Crippen LogP contribution is -2.38. The van der Waals surface area contributed by atoms with Crippen LogP contribution in [0, 0.1) is 24.0 Å². The van der Waals surface area contributed by atoms with Crippen molar-refractivity contribution in [2.75, 3.05) is 0 Å². The zero-order valence-corrected chi connectivity index (χ0v) is 18.4. The molecular formula is C25H21F2N5O. The Labute approximate surface area is 189 Å². The van der Waals surface area contributed by atoms with Crippen molar-refractivity contribution in [2.24, 2.45) is 5.41 Å². The normalized spacial score (nSPS) is 22.5. The average molecular weight is 445 g/mol. The molecule has 2 atom stereocenters. The van der Waals surface area contributed by atoms with Crippen LogP contribution in [0.15, 0.2) is 47.2 Å². The third kappa shape index (κ3) is 2.60. The van der Waals surface area contributed by atoms with Crippen LogP contribution in [0.2, 0.25) is 0 Å². The first-order valence-electron chi connectivity index (χ1n) is 10.9. The molecule has 1 saturated carbocycles. The van der Waals surface area contributed by atoms with Gasteiger partial charge in [0, 0.05) is 13.1 Å². The Balaban J connectivity index is 1.53. The van der Waals surface area contributed by atoms with Gasteiger partial charge < -0.3 is 4.42 Å². The molecule has 1 fully saturated rings. The predicted molar refractivity (Wildman–Crippen MR) is 116 cm³/mol. The van der Waals surface area contributed by atoms with E-state index in [0.717, 1.165) is 24.1 Å². The molecule has 0 amide bonds. The summed E-state index contributed by atoms with van der Waals surface area (Å²) in [6, 6.07) is 7.41. The molecular weight excluding hydrogens is 424 g/mol. The number of hydrogen-bond acceptors (Lipinski definition) is 6. The Morgan fingerprint density at radius 1 is 1.00 bits per heavy atom. The zero-order valence-electron chi connectivity index (χ0n) is 18.4. The van der Waals surface area contributed by atoms with Crippen molar-refractivity contribution in [3.8, 4) is 22.6 Å². The Kier molecular flexibility index (Phi) is 4.09. The van der Waals surface area contributed by atoms with Gasteiger partial charge in [0.25, 0.3) is 0 Å². The smallest absolute Gasteiger partial charge is 0.191 e. The van der Waals surface area contributed by atoms with Crippen molar-refractivity contribution in [1.82, 2.24) is 25.1 Å². The lowest BCUT2D eigenvalue weighted by Gasteiger charge is -2.36. The van der Waals surface area contributed by atoms with Crippen molar-refractivity contribution >= 4 is 0 Å². The summed E-state index contributed by atoms with van der Waals surface area (Å²) in [7, 11) is 0. The standard InChI is InChI=1S/C25H21F2N5O/c1-13-29-20(12-33-13)18-8-10-28-23(30-18)25-9-7-15(24(25,2)3)14-11-19(31-32-22(14)25)21-16(26)5-4-6-17(21)27/h4-6,8,10-12,15H,7,9H2,1-3H3/t15-,25+/m0/s1. The second kappa shape index (κ2) is 6.73. The number of nitrogens with zero attached hydrogens (tertiary/aromatic N) is 5. The number of aromatic nitrogens is 5. The van der Waals surface area contributed by atoms with Gasteiger partial charge >= 0.3 is 0 Å². The molecule has 0 unspecified atom stereocenters. The quantitative estimate of drug-likeness (QED) is 0.421. The van der Waals surface area contributed by atoms with Crippen LogP contribution in [0.3, 0.4) is 0 Å². The molecule has 0 spiro atoms. The van der Waals surface area contributed by atoms with Crippen LogP contribution >= 0.6 is 0 Å². The lowest BCUT2D eigenvalue weighted by molar-refractivity contribution is 0.237. The summed E-state index contributed by atoms with van der Waals surface area (Å²) < 4.78 is 34.2. The largest absolute Gasteiger partial charge is 0.449 e. The minimum absolute atomic E-state index is 0.151. The van der Waals surface area contributed by atoms with Crippen LogP contribution in [0.25, 0.3) is 22.6 Å². The molecule has 2 aliphatic rings. The molecule has 3 aromatic heterocycles. The third-order valence-electron chi connectivity index (χ3n) is 7.52. The van der Waals surface area contributed by atoms with Gasteiger partial charge in [0.05, 0.1) is 28.1 Å². The van der Waals surface area contributed by atoms with Crippen molar-refractivity contribution in [2.45, 2.75) is 44.9 Å². The predicted octanol–water partition coefficient (Wildman–Crippen LogP) is 5.38. The fraction of sp³-hybridized carbons (Fsp3) is 0.320. The highest BCUT2D eigenvalue weighted by Gasteiger charge is 2.65. The van der Waals surface area contributed by atoms with Crippen LogP contribution in [0.5, 0.6) is 0 Å². The van der Waals surface area contributed by atoms with Crippen molar-refractivity contribution < 1.29 is 13.2 Å². The number of oxazole rings is 1. The minimum atomic E-state index is -0.652. The zero-order chi connectivity index (χ0) is 23.0. The SMILES string of the molecule is Cc1nc(-c2ccnc([C@@]34CC[C@@H](c5cc(-c6c(F)cccc6F)nnc53)C4(C)C)n2)co1. The van der Waals surface area contributed by atoms with Crippen LogP contribution in [0.1, 0.15) is 55.6 Å². The van der Waals surface area contributed by atoms with Gasteiger partial charge in [0.1, 0.15) is 29.4 Å². The number of halogens is 2. The van der Waals surface area contributed by atoms with Gasteiger partial charge in [0.2, 0.25) is 0 Å². The average Bonchev–Trinajstić information content (AvgIpc) is 3.40. The summed E-state index contributed by atoms with van der Waals surface area (Å²) in [4.78, 5) is 14.0. The van der Waals surface area contributed by atoms with E-state index in [1.165, 1.54) is 18.2 Å². The fourth-order valence-electron chi connectivity index (χ4n) is 5.87. The maximum absolute atomic E-state index is 14.4. The number of aryl methyl sites for hydroxylation is 1.